The molecule has 10 heteroatoms. The number of imide groups is 1. The number of halogens is 1. The van der Waals surface area contributed by atoms with E-state index in [9.17, 15) is 9.59 Å². The lowest BCUT2D eigenvalue weighted by Gasteiger charge is -2.19. The van der Waals surface area contributed by atoms with Crippen molar-refractivity contribution >= 4 is 35.3 Å². The Bertz CT molecular complexity index is 794. The van der Waals surface area contributed by atoms with Gasteiger partial charge in [0, 0.05) is 17.7 Å². The number of ether oxygens (including phenoxy) is 1. The van der Waals surface area contributed by atoms with Crippen LogP contribution in [0, 0.1) is 5.92 Å². The van der Waals surface area contributed by atoms with E-state index in [0.717, 1.165) is 5.56 Å². The zero-order valence-electron chi connectivity index (χ0n) is 15.3. The molecule has 0 aliphatic heterocycles. The standard InChI is InChI=1S/C17H22ClN5O3S/c1-10(2)13(15(24)20-16(19)25)27-17-22-21-14(23(17)8-9-26-3)11-4-6-12(18)7-5-11/h4-7,10,13H,8-9H2,1-3H3,(H3,19,20,24,25)/t13-/m1/s1. The van der Waals surface area contributed by atoms with Gasteiger partial charge >= 0.3 is 6.03 Å². The number of amides is 3. The van der Waals surface area contributed by atoms with Crippen molar-refractivity contribution in [1.82, 2.24) is 20.1 Å². The fraction of sp³-hybridized carbons (Fsp3) is 0.412. The number of nitrogens with one attached hydrogen (secondary N) is 1. The Kier molecular flexibility index (Phi) is 7.64. The van der Waals surface area contributed by atoms with Crippen LogP contribution in [0.2, 0.25) is 5.02 Å². The summed E-state index contributed by atoms with van der Waals surface area (Å²) >= 11 is 7.19. The number of nitrogens with two attached hydrogens (primary N) is 1. The molecule has 0 spiro atoms. The lowest BCUT2D eigenvalue weighted by atomic mass is 10.1. The van der Waals surface area contributed by atoms with Crippen molar-refractivity contribution in [3.8, 4) is 11.4 Å². The van der Waals surface area contributed by atoms with E-state index in [4.69, 9.17) is 22.1 Å². The highest BCUT2D eigenvalue weighted by Gasteiger charge is 2.27. The Morgan fingerprint density at radius 3 is 2.52 bits per heavy atom. The molecule has 2 aromatic rings. The van der Waals surface area contributed by atoms with Gasteiger partial charge in [-0.3, -0.25) is 14.7 Å². The second kappa shape index (κ2) is 9.72. The summed E-state index contributed by atoms with van der Waals surface area (Å²) in [5.74, 6) is 0.127. The highest BCUT2D eigenvalue weighted by Crippen LogP contribution is 2.30. The minimum Gasteiger partial charge on any atom is -0.383 e. The molecule has 0 radical (unpaired) electrons. The van der Waals surface area contributed by atoms with E-state index in [1.807, 2.05) is 30.5 Å². The number of aromatic nitrogens is 3. The maximum absolute atomic E-state index is 12.3. The number of hydrogen-bond donors (Lipinski definition) is 2. The van der Waals surface area contributed by atoms with Crippen molar-refractivity contribution < 1.29 is 14.3 Å². The molecule has 0 aliphatic rings. The number of carbonyl (C=O) groups excluding carboxylic acids is 2. The number of benzene rings is 1. The molecule has 2 rings (SSSR count). The molecule has 0 unspecified atom stereocenters. The Morgan fingerprint density at radius 1 is 1.30 bits per heavy atom. The Morgan fingerprint density at radius 2 is 1.96 bits per heavy atom. The fourth-order valence-corrected chi connectivity index (χ4v) is 3.56. The lowest BCUT2D eigenvalue weighted by molar-refractivity contribution is -0.120. The molecule has 0 fully saturated rings. The first-order valence-corrected chi connectivity index (χ1v) is 9.54. The lowest BCUT2D eigenvalue weighted by Crippen LogP contribution is -2.42. The van der Waals surface area contributed by atoms with Crippen LogP contribution in [0.3, 0.4) is 0 Å². The van der Waals surface area contributed by atoms with E-state index in [1.165, 1.54) is 11.8 Å². The zero-order valence-corrected chi connectivity index (χ0v) is 16.9. The van der Waals surface area contributed by atoms with Crippen LogP contribution in [-0.4, -0.2) is 45.7 Å². The quantitative estimate of drug-likeness (QED) is 0.645. The van der Waals surface area contributed by atoms with Crippen molar-refractivity contribution in [2.45, 2.75) is 30.8 Å². The van der Waals surface area contributed by atoms with Gasteiger partial charge in [-0.25, -0.2) is 4.79 Å². The van der Waals surface area contributed by atoms with E-state index < -0.39 is 17.2 Å². The molecule has 1 aromatic carbocycles. The van der Waals surface area contributed by atoms with Gasteiger partial charge in [-0.15, -0.1) is 10.2 Å². The first kappa shape index (κ1) is 21.2. The van der Waals surface area contributed by atoms with Crippen LogP contribution >= 0.6 is 23.4 Å². The molecule has 0 saturated carbocycles. The Hall–Kier alpha value is -2.10. The molecule has 146 valence electrons. The van der Waals surface area contributed by atoms with Gasteiger partial charge < -0.3 is 10.5 Å². The third-order valence-corrected chi connectivity index (χ3v) is 5.46. The van der Waals surface area contributed by atoms with E-state index in [0.29, 0.717) is 29.2 Å². The highest BCUT2D eigenvalue weighted by atomic mass is 35.5. The van der Waals surface area contributed by atoms with Crippen molar-refractivity contribution in [2.75, 3.05) is 13.7 Å². The SMILES string of the molecule is COCCn1c(S[C@@H](C(=O)NC(N)=O)C(C)C)nnc1-c1ccc(Cl)cc1. The molecule has 27 heavy (non-hydrogen) atoms. The monoisotopic (exact) mass is 411 g/mol. The van der Waals surface area contributed by atoms with Gasteiger partial charge in [-0.05, 0) is 30.2 Å². The maximum atomic E-state index is 12.3. The minimum atomic E-state index is -0.881. The number of carbonyl (C=O) groups is 2. The van der Waals surface area contributed by atoms with Crippen LogP contribution in [0.1, 0.15) is 13.8 Å². The number of nitrogens with zero attached hydrogens (tertiary/aromatic N) is 3. The van der Waals surface area contributed by atoms with Crippen molar-refractivity contribution in [3.63, 3.8) is 0 Å². The number of hydrogen-bond acceptors (Lipinski definition) is 6. The largest absolute Gasteiger partial charge is 0.383 e. The van der Waals surface area contributed by atoms with E-state index in [-0.39, 0.29) is 5.92 Å². The van der Waals surface area contributed by atoms with Gasteiger partial charge in [0.05, 0.1) is 18.4 Å². The molecule has 8 nitrogen and oxygen atoms in total. The smallest absolute Gasteiger partial charge is 0.318 e. The van der Waals surface area contributed by atoms with Crippen molar-refractivity contribution in [1.29, 1.82) is 0 Å². The van der Waals surface area contributed by atoms with Gasteiger partial charge in [0.1, 0.15) is 0 Å². The summed E-state index contributed by atoms with van der Waals surface area (Å²) in [6, 6.07) is 6.37. The summed E-state index contributed by atoms with van der Waals surface area (Å²) < 4.78 is 7.06. The van der Waals surface area contributed by atoms with Crippen LogP contribution < -0.4 is 11.1 Å². The third kappa shape index (κ3) is 5.69. The number of methoxy groups -OCH3 is 1. The summed E-state index contributed by atoms with van der Waals surface area (Å²) in [4.78, 5) is 23.3. The molecule has 1 heterocycles. The second-order valence-electron chi connectivity index (χ2n) is 6.09. The van der Waals surface area contributed by atoms with E-state index in [1.54, 1.807) is 19.2 Å². The normalized spacial score (nSPS) is 12.2. The first-order chi connectivity index (χ1) is 12.8. The van der Waals surface area contributed by atoms with Crippen molar-refractivity contribution in [3.05, 3.63) is 29.3 Å². The average Bonchev–Trinajstić information content (AvgIpc) is 3.00. The van der Waals surface area contributed by atoms with Crippen LogP contribution in [0.5, 0.6) is 0 Å². The third-order valence-electron chi connectivity index (χ3n) is 3.68. The summed E-state index contributed by atoms with van der Waals surface area (Å²) in [5.41, 5.74) is 5.92. The van der Waals surface area contributed by atoms with E-state index >= 15 is 0 Å². The van der Waals surface area contributed by atoms with E-state index in [2.05, 4.69) is 15.5 Å². The van der Waals surface area contributed by atoms with Gasteiger partial charge in [-0.2, -0.15) is 0 Å². The van der Waals surface area contributed by atoms with Crippen LogP contribution in [0.4, 0.5) is 4.79 Å². The average molecular weight is 412 g/mol. The summed E-state index contributed by atoms with van der Waals surface area (Å²) in [6.07, 6.45) is 0. The van der Waals surface area contributed by atoms with Crippen LogP contribution in [0.25, 0.3) is 11.4 Å². The molecule has 3 N–H and O–H groups in total. The molecule has 0 saturated heterocycles. The van der Waals surface area contributed by atoms with Crippen LogP contribution in [-0.2, 0) is 16.1 Å². The predicted octanol–water partition coefficient (Wildman–Crippen LogP) is 2.56. The fourth-order valence-electron chi connectivity index (χ4n) is 2.37. The molecule has 0 bridgehead atoms. The summed E-state index contributed by atoms with van der Waals surface area (Å²) in [5, 5.41) is 11.3. The van der Waals surface area contributed by atoms with Crippen LogP contribution in [0.15, 0.2) is 29.4 Å². The number of primary amides is 1. The number of rotatable bonds is 8. The zero-order chi connectivity index (χ0) is 20.0. The Labute approximate surface area is 166 Å². The highest BCUT2D eigenvalue weighted by molar-refractivity contribution is 8.00. The summed E-state index contributed by atoms with van der Waals surface area (Å²) in [7, 11) is 1.61. The minimum absolute atomic E-state index is 0.0547. The molecular formula is C17H22ClN5O3S. The summed E-state index contributed by atoms with van der Waals surface area (Å²) in [6.45, 7) is 4.72. The molecule has 1 atom stereocenters. The van der Waals surface area contributed by atoms with Gasteiger partial charge in [-0.1, -0.05) is 37.2 Å². The molecule has 3 amide bonds. The molecular weight excluding hydrogens is 390 g/mol. The predicted molar refractivity (Wildman–Crippen MR) is 105 cm³/mol. The van der Waals surface area contributed by atoms with Gasteiger partial charge in [0.15, 0.2) is 11.0 Å². The number of thioether (sulfide) groups is 1. The topological polar surface area (TPSA) is 112 Å². The van der Waals surface area contributed by atoms with Crippen molar-refractivity contribution in [2.24, 2.45) is 11.7 Å². The molecule has 0 aliphatic carbocycles. The van der Waals surface area contributed by atoms with Gasteiger partial charge in [0.2, 0.25) is 5.91 Å². The maximum Gasteiger partial charge on any atom is 0.318 e. The Balaban J connectivity index is 2.35. The molecule has 1 aromatic heterocycles. The first-order valence-electron chi connectivity index (χ1n) is 8.28. The van der Waals surface area contributed by atoms with Gasteiger partial charge in [0.25, 0.3) is 0 Å². The second-order valence-corrected chi connectivity index (χ2v) is 7.64. The number of urea groups is 1.